The molecular formula is C14H10O6. The first-order chi connectivity index (χ1) is 9.41. The number of phenols is 3. The van der Waals surface area contributed by atoms with Crippen molar-refractivity contribution in [3.05, 3.63) is 53.1 Å². The minimum absolute atomic E-state index is 0.125. The predicted octanol–water partition coefficient (Wildman–Crippen LogP) is 1.73. The van der Waals surface area contributed by atoms with Gasteiger partial charge in [-0.25, -0.2) is 4.79 Å². The van der Waals surface area contributed by atoms with E-state index in [-0.39, 0.29) is 16.7 Å². The van der Waals surface area contributed by atoms with Gasteiger partial charge in [-0.1, -0.05) is 18.2 Å². The Morgan fingerprint density at radius 2 is 1.30 bits per heavy atom. The third kappa shape index (κ3) is 2.26. The third-order valence-corrected chi connectivity index (χ3v) is 2.74. The van der Waals surface area contributed by atoms with Gasteiger partial charge in [0.05, 0.1) is 11.1 Å². The summed E-state index contributed by atoms with van der Waals surface area (Å²) in [5.74, 6) is -3.76. The zero-order valence-corrected chi connectivity index (χ0v) is 10.1. The van der Waals surface area contributed by atoms with Gasteiger partial charge >= 0.3 is 5.97 Å². The van der Waals surface area contributed by atoms with Gasteiger partial charge in [-0.2, -0.15) is 0 Å². The van der Waals surface area contributed by atoms with Crippen molar-refractivity contribution >= 4 is 11.8 Å². The quantitative estimate of drug-likeness (QED) is 0.385. The summed E-state index contributed by atoms with van der Waals surface area (Å²) in [4.78, 5) is 23.3. The lowest BCUT2D eigenvalue weighted by Gasteiger charge is -2.08. The van der Waals surface area contributed by atoms with Gasteiger partial charge in [-0.3, -0.25) is 4.79 Å². The molecule has 0 saturated heterocycles. The Kier molecular flexibility index (Phi) is 3.30. The lowest BCUT2D eigenvalue weighted by Crippen LogP contribution is -2.09. The second-order valence-electron chi connectivity index (χ2n) is 4.04. The normalized spacial score (nSPS) is 10.2. The summed E-state index contributed by atoms with van der Waals surface area (Å²) >= 11 is 0. The molecule has 0 amide bonds. The van der Waals surface area contributed by atoms with Crippen molar-refractivity contribution in [2.45, 2.75) is 0 Å². The fourth-order valence-electron chi connectivity index (χ4n) is 1.76. The number of hydrogen-bond donors (Lipinski definition) is 4. The molecule has 0 saturated carbocycles. The van der Waals surface area contributed by atoms with E-state index in [0.717, 1.165) is 12.1 Å². The number of hydrogen-bond acceptors (Lipinski definition) is 5. The molecule has 6 heteroatoms. The standard InChI is InChI=1S/C14H10O6/c15-10-6-12(17)11(16)5-9(10)13(18)7-3-1-2-4-8(7)14(19)20/h1-6,15-17H,(H,19,20). The highest BCUT2D eigenvalue weighted by atomic mass is 16.4. The Bertz CT molecular complexity index is 705. The summed E-state index contributed by atoms with van der Waals surface area (Å²) in [7, 11) is 0. The second kappa shape index (κ2) is 4.93. The van der Waals surface area contributed by atoms with Crippen molar-refractivity contribution in [2.75, 3.05) is 0 Å². The van der Waals surface area contributed by atoms with Crippen molar-refractivity contribution in [3.63, 3.8) is 0 Å². The summed E-state index contributed by atoms with van der Waals surface area (Å²) in [6.07, 6.45) is 0. The van der Waals surface area contributed by atoms with E-state index in [1.54, 1.807) is 0 Å². The average Bonchev–Trinajstić information content (AvgIpc) is 2.42. The smallest absolute Gasteiger partial charge is 0.336 e. The molecule has 2 rings (SSSR count). The van der Waals surface area contributed by atoms with Crippen LogP contribution in [0.3, 0.4) is 0 Å². The minimum atomic E-state index is -1.28. The van der Waals surface area contributed by atoms with Gasteiger partial charge in [-0.05, 0) is 12.1 Å². The Balaban J connectivity index is 2.58. The first kappa shape index (κ1) is 13.4. The first-order valence-corrected chi connectivity index (χ1v) is 5.53. The third-order valence-electron chi connectivity index (χ3n) is 2.74. The molecule has 102 valence electrons. The summed E-state index contributed by atoms with van der Waals surface area (Å²) < 4.78 is 0. The van der Waals surface area contributed by atoms with E-state index in [1.165, 1.54) is 24.3 Å². The highest BCUT2D eigenvalue weighted by molar-refractivity contribution is 6.15. The molecule has 0 fully saturated rings. The van der Waals surface area contributed by atoms with Gasteiger partial charge in [0.1, 0.15) is 5.75 Å². The van der Waals surface area contributed by atoms with E-state index in [2.05, 4.69) is 0 Å². The van der Waals surface area contributed by atoms with Crippen LogP contribution in [0.25, 0.3) is 0 Å². The van der Waals surface area contributed by atoms with Crippen LogP contribution in [0.2, 0.25) is 0 Å². The van der Waals surface area contributed by atoms with Crippen LogP contribution >= 0.6 is 0 Å². The number of ketones is 1. The second-order valence-corrected chi connectivity index (χ2v) is 4.04. The van der Waals surface area contributed by atoms with Gasteiger partial charge in [0.15, 0.2) is 17.3 Å². The van der Waals surface area contributed by atoms with Crippen LogP contribution in [0.15, 0.2) is 36.4 Å². The number of carboxylic acids is 1. The molecule has 2 aromatic rings. The molecule has 0 spiro atoms. The maximum absolute atomic E-state index is 12.2. The van der Waals surface area contributed by atoms with Crippen LogP contribution in [-0.4, -0.2) is 32.2 Å². The highest BCUT2D eigenvalue weighted by Crippen LogP contribution is 2.33. The molecule has 0 aliphatic rings. The molecular weight excluding hydrogens is 264 g/mol. The van der Waals surface area contributed by atoms with E-state index in [9.17, 15) is 24.9 Å². The van der Waals surface area contributed by atoms with Crippen LogP contribution < -0.4 is 0 Å². The largest absolute Gasteiger partial charge is 0.507 e. The number of carbonyl (C=O) groups is 2. The average molecular weight is 274 g/mol. The molecule has 6 nitrogen and oxygen atoms in total. The van der Waals surface area contributed by atoms with Crippen molar-refractivity contribution in [1.29, 1.82) is 0 Å². The summed E-state index contributed by atoms with van der Waals surface area (Å²) in [6.45, 7) is 0. The molecule has 4 N–H and O–H groups in total. The summed E-state index contributed by atoms with van der Waals surface area (Å²) in [5, 5.41) is 37.2. The van der Waals surface area contributed by atoms with Crippen molar-refractivity contribution in [2.24, 2.45) is 0 Å². The topological polar surface area (TPSA) is 115 Å². The lowest BCUT2D eigenvalue weighted by atomic mass is 9.97. The van der Waals surface area contributed by atoms with E-state index < -0.39 is 29.0 Å². The van der Waals surface area contributed by atoms with E-state index in [1.807, 2.05) is 0 Å². The molecule has 20 heavy (non-hydrogen) atoms. The number of aromatic hydroxyl groups is 3. The zero-order chi connectivity index (χ0) is 14.9. The van der Waals surface area contributed by atoms with Crippen LogP contribution in [0, 0.1) is 0 Å². The van der Waals surface area contributed by atoms with Gasteiger partial charge in [-0.15, -0.1) is 0 Å². The zero-order valence-electron chi connectivity index (χ0n) is 10.1. The monoisotopic (exact) mass is 274 g/mol. The van der Waals surface area contributed by atoms with Gasteiger partial charge in [0, 0.05) is 11.6 Å². The molecule has 0 aliphatic heterocycles. The molecule has 0 aromatic heterocycles. The molecule has 0 atom stereocenters. The van der Waals surface area contributed by atoms with Gasteiger partial charge in [0.2, 0.25) is 0 Å². The van der Waals surface area contributed by atoms with Crippen LogP contribution in [0.1, 0.15) is 26.3 Å². The maximum atomic E-state index is 12.2. The SMILES string of the molecule is O=C(O)c1ccccc1C(=O)c1cc(O)c(O)cc1O. The minimum Gasteiger partial charge on any atom is -0.507 e. The van der Waals surface area contributed by atoms with Gasteiger partial charge < -0.3 is 20.4 Å². The van der Waals surface area contributed by atoms with E-state index >= 15 is 0 Å². The summed E-state index contributed by atoms with van der Waals surface area (Å²) in [6, 6.07) is 7.20. The predicted molar refractivity (Wildman–Crippen MR) is 68.3 cm³/mol. The summed E-state index contributed by atoms with van der Waals surface area (Å²) in [5.41, 5.74) is -0.640. The van der Waals surface area contributed by atoms with Crippen LogP contribution in [-0.2, 0) is 0 Å². The number of rotatable bonds is 3. The van der Waals surface area contributed by atoms with E-state index in [0.29, 0.717) is 0 Å². The van der Waals surface area contributed by atoms with Crippen molar-refractivity contribution < 1.29 is 30.0 Å². The lowest BCUT2D eigenvalue weighted by molar-refractivity contribution is 0.0692. The van der Waals surface area contributed by atoms with Crippen LogP contribution in [0.4, 0.5) is 0 Å². The van der Waals surface area contributed by atoms with Crippen LogP contribution in [0.5, 0.6) is 17.2 Å². The molecule has 0 unspecified atom stereocenters. The molecule has 0 radical (unpaired) electrons. The van der Waals surface area contributed by atoms with E-state index in [4.69, 9.17) is 5.11 Å². The number of carboxylic acid groups (broad SMARTS) is 1. The Hall–Kier alpha value is -3.02. The molecule has 0 heterocycles. The fourth-order valence-corrected chi connectivity index (χ4v) is 1.76. The fraction of sp³-hybridized carbons (Fsp3) is 0. The Morgan fingerprint density at radius 3 is 1.90 bits per heavy atom. The maximum Gasteiger partial charge on any atom is 0.336 e. The Labute approximate surface area is 113 Å². The molecule has 2 aromatic carbocycles. The molecule has 0 bridgehead atoms. The molecule has 0 aliphatic carbocycles. The Morgan fingerprint density at radius 1 is 0.750 bits per heavy atom. The number of benzene rings is 2. The van der Waals surface area contributed by atoms with Crippen molar-refractivity contribution in [3.8, 4) is 17.2 Å². The van der Waals surface area contributed by atoms with Crippen molar-refractivity contribution in [1.82, 2.24) is 0 Å². The highest BCUT2D eigenvalue weighted by Gasteiger charge is 2.21. The number of aromatic carboxylic acids is 1. The first-order valence-electron chi connectivity index (χ1n) is 5.53. The number of carbonyl (C=O) groups excluding carboxylic acids is 1. The van der Waals surface area contributed by atoms with Gasteiger partial charge in [0.25, 0.3) is 0 Å². The number of phenolic OH excluding ortho intramolecular Hbond substituents is 3.